The first-order valence-corrected chi connectivity index (χ1v) is 16.9. The van der Waals surface area contributed by atoms with Crippen LogP contribution in [0.5, 0.6) is 5.88 Å². The van der Waals surface area contributed by atoms with E-state index in [2.05, 4.69) is 16.0 Å². The van der Waals surface area contributed by atoms with Gasteiger partial charge in [-0.05, 0) is 25.5 Å². The van der Waals surface area contributed by atoms with Gasteiger partial charge in [-0.3, -0.25) is 14.2 Å². The van der Waals surface area contributed by atoms with E-state index in [9.17, 15) is 9.59 Å². The summed E-state index contributed by atoms with van der Waals surface area (Å²) in [6.07, 6.45) is 3.25. The summed E-state index contributed by atoms with van der Waals surface area (Å²) in [7, 11) is 4.97. The molecule has 0 saturated carbocycles. The maximum Gasteiger partial charge on any atom is 0.277 e. The smallest absolute Gasteiger partial charge is 0.277 e. The highest BCUT2D eigenvalue weighted by molar-refractivity contribution is 6.39. The molecule has 1 aliphatic heterocycles. The number of amides is 1. The second kappa shape index (κ2) is 15.1. The number of nitrogens with one attached hydrogen (secondary N) is 3. The van der Waals surface area contributed by atoms with Gasteiger partial charge in [0.05, 0.1) is 35.5 Å². The lowest BCUT2D eigenvalue weighted by atomic mass is 9.97. The molecule has 1 amide bonds. The molecule has 0 bridgehead atoms. The molecule has 1 saturated heterocycles. The van der Waals surface area contributed by atoms with Crippen LogP contribution < -0.4 is 26.2 Å². The third kappa shape index (κ3) is 7.36. The molecule has 0 aliphatic carbocycles. The van der Waals surface area contributed by atoms with E-state index in [0.717, 1.165) is 39.8 Å². The molecule has 0 radical (unpaired) electrons. The third-order valence-electron chi connectivity index (χ3n) is 8.85. The minimum absolute atomic E-state index is 0.0363. The number of benzene rings is 2. The molecule has 11 nitrogen and oxygen atoms in total. The van der Waals surface area contributed by atoms with Crippen molar-refractivity contribution in [3.63, 3.8) is 0 Å². The summed E-state index contributed by atoms with van der Waals surface area (Å²) in [4.78, 5) is 29.6. The summed E-state index contributed by atoms with van der Waals surface area (Å²) >= 11 is 14.2. The summed E-state index contributed by atoms with van der Waals surface area (Å²) < 4.78 is 14.1. The zero-order valence-electron chi connectivity index (χ0n) is 27.8. The Hall–Kier alpha value is -4.26. The van der Waals surface area contributed by atoms with E-state index in [4.69, 9.17) is 42.8 Å². The van der Waals surface area contributed by atoms with Crippen LogP contribution in [-0.2, 0) is 29.7 Å². The van der Waals surface area contributed by atoms with Crippen molar-refractivity contribution in [2.75, 3.05) is 27.3 Å². The van der Waals surface area contributed by atoms with Crippen LogP contribution in [0.25, 0.3) is 39.0 Å². The van der Waals surface area contributed by atoms with E-state index < -0.39 is 0 Å². The van der Waals surface area contributed by atoms with Gasteiger partial charge in [0.25, 0.3) is 5.56 Å². The average Bonchev–Trinajstić information content (AvgIpc) is 3.73. The summed E-state index contributed by atoms with van der Waals surface area (Å²) in [6, 6.07) is 17.3. The van der Waals surface area contributed by atoms with Crippen LogP contribution in [0.4, 0.5) is 0 Å². The SMILES string of the molecule is COc1nc(-c2cccc(-c3cccc(-c4cc5c(=O)n(C)c(CNC[C@@H](C)OC)nn5c4)c3Cl)c2Cl)ccc1CNC[C@H]1CCC(=O)N1. The largest absolute Gasteiger partial charge is 0.481 e. The molecule has 3 aromatic heterocycles. The molecule has 0 unspecified atom stereocenters. The van der Waals surface area contributed by atoms with Crippen molar-refractivity contribution in [3.8, 4) is 39.4 Å². The van der Waals surface area contributed by atoms with Gasteiger partial charge in [-0.2, -0.15) is 5.10 Å². The number of halogens is 2. The number of hydrogen-bond acceptors (Lipinski definition) is 8. The van der Waals surface area contributed by atoms with Crippen molar-refractivity contribution >= 4 is 34.6 Å². The minimum atomic E-state index is -0.159. The normalized spacial score (nSPS) is 15.1. The van der Waals surface area contributed by atoms with Crippen LogP contribution in [0.1, 0.15) is 31.2 Å². The van der Waals surface area contributed by atoms with Gasteiger partial charge in [0.1, 0.15) is 11.3 Å². The van der Waals surface area contributed by atoms with Crippen molar-refractivity contribution < 1.29 is 14.3 Å². The van der Waals surface area contributed by atoms with Gasteiger partial charge in [-0.1, -0.05) is 65.7 Å². The molecule has 1 aliphatic rings. The molecule has 2 aromatic carbocycles. The highest BCUT2D eigenvalue weighted by atomic mass is 35.5. The molecule has 6 rings (SSSR count). The number of carbonyl (C=O) groups is 1. The summed E-state index contributed by atoms with van der Waals surface area (Å²) in [5.41, 5.74) is 5.56. The monoisotopic (exact) mass is 703 g/mol. The topological polar surface area (TPSA) is 124 Å². The van der Waals surface area contributed by atoms with Gasteiger partial charge in [0.2, 0.25) is 11.8 Å². The predicted molar refractivity (Wildman–Crippen MR) is 192 cm³/mol. The van der Waals surface area contributed by atoms with E-state index in [1.807, 2.05) is 61.7 Å². The molecular formula is C36H39Cl2N7O4. The molecule has 1 fully saturated rings. The summed E-state index contributed by atoms with van der Waals surface area (Å²) in [5.74, 6) is 1.18. The number of ether oxygens (including phenoxy) is 2. The first-order chi connectivity index (χ1) is 23.7. The van der Waals surface area contributed by atoms with Crippen molar-refractivity contribution in [2.24, 2.45) is 7.05 Å². The van der Waals surface area contributed by atoms with E-state index in [-0.39, 0.29) is 23.6 Å². The molecule has 49 heavy (non-hydrogen) atoms. The van der Waals surface area contributed by atoms with E-state index in [0.29, 0.717) is 65.6 Å². The van der Waals surface area contributed by atoms with Crippen LogP contribution >= 0.6 is 23.2 Å². The van der Waals surface area contributed by atoms with E-state index in [1.165, 1.54) is 0 Å². The first-order valence-electron chi connectivity index (χ1n) is 16.1. The van der Waals surface area contributed by atoms with Crippen LogP contribution in [0.2, 0.25) is 10.0 Å². The maximum atomic E-state index is 13.3. The van der Waals surface area contributed by atoms with E-state index >= 15 is 0 Å². The van der Waals surface area contributed by atoms with Crippen LogP contribution in [0, 0.1) is 0 Å². The fraction of sp³-hybridized carbons (Fsp3) is 0.333. The Kier molecular flexibility index (Phi) is 10.7. The van der Waals surface area contributed by atoms with Gasteiger partial charge >= 0.3 is 0 Å². The number of rotatable bonds is 13. The van der Waals surface area contributed by atoms with Gasteiger partial charge in [-0.25, -0.2) is 9.50 Å². The molecule has 2 atom stereocenters. The fourth-order valence-electron chi connectivity index (χ4n) is 5.99. The Morgan fingerprint density at radius 1 is 0.980 bits per heavy atom. The standard InChI is InChI=1S/C36H39Cl2N7O4/c1-21(48-3)16-39-19-31-43-45-20-23(15-30(45)36(47)44(31)2)25-7-5-8-26(33(25)37)27-9-6-10-28(34(27)38)29-13-11-22(35(42-29)49-4)17-40-18-24-12-14-32(46)41-24/h5-11,13,15,20-21,24,39-40H,12,14,16-19H2,1-4H3,(H,41,46)/t21-,24-/m1/s1. The van der Waals surface area contributed by atoms with Gasteiger partial charge in [0, 0.05) is 85.8 Å². The van der Waals surface area contributed by atoms with Gasteiger partial charge in [-0.15, -0.1) is 0 Å². The minimum Gasteiger partial charge on any atom is -0.481 e. The number of aromatic nitrogens is 4. The second-order valence-corrected chi connectivity index (χ2v) is 12.9. The molecule has 3 N–H and O–H groups in total. The lowest BCUT2D eigenvalue weighted by molar-refractivity contribution is -0.119. The summed E-state index contributed by atoms with van der Waals surface area (Å²) in [5, 5.41) is 15.3. The molecular weight excluding hydrogens is 665 g/mol. The lowest BCUT2D eigenvalue weighted by Gasteiger charge is -2.15. The molecule has 0 spiro atoms. The average molecular weight is 705 g/mol. The molecule has 13 heteroatoms. The first kappa shape index (κ1) is 34.6. The highest BCUT2D eigenvalue weighted by Crippen LogP contribution is 2.42. The van der Waals surface area contributed by atoms with Crippen molar-refractivity contribution in [1.82, 2.24) is 35.1 Å². The number of hydrogen-bond donors (Lipinski definition) is 3. The van der Waals surface area contributed by atoms with Gasteiger partial charge < -0.3 is 25.4 Å². The van der Waals surface area contributed by atoms with E-state index in [1.54, 1.807) is 36.4 Å². The number of fused-ring (bicyclic) bond motifs is 1. The zero-order chi connectivity index (χ0) is 34.7. The Labute approximate surface area is 294 Å². The summed E-state index contributed by atoms with van der Waals surface area (Å²) in [6.45, 7) is 4.22. The maximum absolute atomic E-state index is 13.3. The Balaban J connectivity index is 1.27. The quantitative estimate of drug-likeness (QED) is 0.152. The van der Waals surface area contributed by atoms with Crippen molar-refractivity contribution in [3.05, 3.63) is 92.6 Å². The second-order valence-electron chi connectivity index (χ2n) is 12.1. The fourth-order valence-corrected chi connectivity index (χ4v) is 6.65. The van der Waals surface area contributed by atoms with Crippen LogP contribution in [0.3, 0.4) is 0 Å². The van der Waals surface area contributed by atoms with Crippen LogP contribution in [0.15, 0.2) is 65.6 Å². The Morgan fingerprint density at radius 2 is 1.69 bits per heavy atom. The zero-order valence-corrected chi connectivity index (χ0v) is 29.4. The molecule has 5 aromatic rings. The molecule has 256 valence electrons. The number of nitrogens with zero attached hydrogens (tertiary/aromatic N) is 4. The van der Waals surface area contributed by atoms with Gasteiger partial charge in [0.15, 0.2) is 0 Å². The Bertz CT molecular complexity index is 2060. The Morgan fingerprint density at radius 3 is 2.39 bits per heavy atom. The van der Waals surface area contributed by atoms with Crippen LogP contribution in [-0.4, -0.2) is 64.5 Å². The van der Waals surface area contributed by atoms with Crippen molar-refractivity contribution in [1.29, 1.82) is 0 Å². The number of pyridine rings is 1. The number of carbonyl (C=O) groups excluding carboxylic acids is 1. The van der Waals surface area contributed by atoms with Crippen molar-refractivity contribution in [2.45, 2.75) is 45.0 Å². The number of methoxy groups -OCH3 is 2. The third-order valence-corrected chi connectivity index (χ3v) is 9.66. The predicted octanol–water partition coefficient (Wildman–Crippen LogP) is 5.24. The lowest BCUT2D eigenvalue weighted by Crippen LogP contribution is -2.35. The molecule has 4 heterocycles. The highest BCUT2D eigenvalue weighted by Gasteiger charge is 2.21.